The van der Waals surface area contributed by atoms with Crippen LogP contribution >= 0.6 is 0 Å². The second-order valence-electron chi connectivity index (χ2n) is 18.7. The molecule has 4 aliphatic rings. The van der Waals surface area contributed by atoms with Crippen molar-refractivity contribution in [3.63, 3.8) is 0 Å². The summed E-state index contributed by atoms with van der Waals surface area (Å²) in [6, 6.07) is 53.6. The van der Waals surface area contributed by atoms with E-state index in [1.807, 2.05) is 0 Å². The predicted molar refractivity (Wildman–Crippen MR) is 238 cm³/mol. The van der Waals surface area contributed by atoms with Crippen LogP contribution in [0.5, 0.6) is 0 Å². The minimum absolute atomic E-state index is 0.0158. The number of rotatable bonds is 2. The van der Waals surface area contributed by atoms with E-state index in [4.69, 9.17) is 0 Å². The number of benzene rings is 7. The van der Waals surface area contributed by atoms with Crippen molar-refractivity contribution in [1.82, 2.24) is 4.57 Å². The van der Waals surface area contributed by atoms with Gasteiger partial charge in [-0.2, -0.15) is 0 Å². The molecule has 7 aromatic carbocycles. The number of fused-ring (bicyclic) bond motifs is 12. The van der Waals surface area contributed by atoms with Gasteiger partial charge in [-0.25, -0.2) is 0 Å². The standard InChI is InChI=1S/C53H45BN2/c1-51(2)26-27-52(3,4)43-31-47-39(30-42(43)51)48-36(32-24-25-41-37(28-32)34-18-10-12-20-40(34)53(41,5)6)29-38-35-19-11-14-22-45(35)56(33-16-8-7-9-17-33)54-44-21-13-15-23-46(44)55(47)50(48)49(38)54/h7-25,28-31H,26-27H2,1-6H3. The first-order valence-electron chi connectivity index (χ1n) is 20.5. The van der Waals surface area contributed by atoms with Gasteiger partial charge in [0.1, 0.15) is 0 Å². The zero-order valence-electron chi connectivity index (χ0n) is 33.2. The SMILES string of the molecule is CC1(C)CCC(C)(C)c2cc3c(cc21)c1c(-c2ccc4c(c2)-c2ccccc2C4(C)C)cc2c4c1n3-c1ccccc1B4N(c1ccccc1)c1ccccc1-2. The average molecular weight is 721 g/mol. The van der Waals surface area contributed by atoms with Crippen LogP contribution in [0.4, 0.5) is 11.4 Å². The molecule has 12 rings (SSSR count). The van der Waals surface area contributed by atoms with Crippen LogP contribution in [0, 0.1) is 0 Å². The number of aromatic nitrogens is 1. The maximum absolute atomic E-state index is 2.67. The summed E-state index contributed by atoms with van der Waals surface area (Å²) >= 11 is 0. The summed E-state index contributed by atoms with van der Waals surface area (Å²) in [5.74, 6) is 0. The van der Waals surface area contributed by atoms with Gasteiger partial charge in [-0.3, -0.25) is 0 Å². The Morgan fingerprint density at radius 2 is 1.14 bits per heavy atom. The van der Waals surface area contributed by atoms with Crippen LogP contribution in [0.25, 0.3) is 60.9 Å². The van der Waals surface area contributed by atoms with Crippen LogP contribution in [0.1, 0.15) is 76.6 Å². The van der Waals surface area contributed by atoms with E-state index in [2.05, 4.69) is 190 Å². The molecule has 0 spiro atoms. The second kappa shape index (κ2) is 10.7. The van der Waals surface area contributed by atoms with Gasteiger partial charge in [0.15, 0.2) is 0 Å². The molecule has 0 radical (unpaired) electrons. The molecule has 56 heavy (non-hydrogen) atoms. The molecule has 8 aromatic rings. The van der Waals surface area contributed by atoms with Crippen molar-refractivity contribution < 1.29 is 0 Å². The lowest BCUT2D eigenvalue weighted by molar-refractivity contribution is 0.332. The molecule has 0 amide bonds. The Balaban J connectivity index is 1.28. The first-order valence-corrected chi connectivity index (χ1v) is 20.5. The lowest BCUT2D eigenvalue weighted by Crippen LogP contribution is -2.60. The fourth-order valence-electron chi connectivity index (χ4n) is 11.4. The van der Waals surface area contributed by atoms with Crippen LogP contribution in [0.3, 0.4) is 0 Å². The third-order valence-corrected chi connectivity index (χ3v) is 14.4. The summed E-state index contributed by atoms with van der Waals surface area (Å²) < 4.78 is 2.67. The summed E-state index contributed by atoms with van der Waals surface area (Å²) in [4.78, 5) is 2.61. The van der Waals surface area contributed by atoms with E-state index in [-0.39, 0.29) is 23.1 Å². The summed E-state index contributed by atoms with van der Waals surface area (Å²) in [7, 11) is 0. The molecule has 3 heteroatoms. The molecule has 0 fully saturated rings. The smallest absolute Gasteiger partial charge is 0.333 e. The molecule has 0 bridgehead atoms. The Hall–Kier alpha value is -5.80. The van der Waals surface area contributed by atoms with E-state index in [1.165, 1.54) is 118 Å². The highest BCUT2D eigenvalue weighted by molar-refractivity contribution is 6.93. The van der Waals surface area contributed by atoms with Crippen molar-refractivity contribution in [3.8, 4) is 39.1 Å². The monoisotopic (exact) mass is 720 g/mol. The van der Waals surface area contributed by atoms with E-state index < -0.39 is 0 Å². The van der Waals surface area contributed by atoms with Crippen LogP contribution in [0.2, 0.25) is 0 Å². The lowest BCUT2D eigenvalue weighted by Gasteiger charge is -2.42. The third kappa shape index (κ3) is 4.03. The zero-order chi connectivity index (χ0) is 37.9. The predicted octanol–water partition coefficient (Wildman–Crippen LogP) is 12.3. The van der Waals surface area contributed by atoms with E-state index in [0.717, 1.165) is 0 Å². The highest BCUT2D eigenvalue weighted by atomic mass is 15.1. The molecule has 0 unspecified atom stereocenters. The second-order valence-corrected chi connectivity index (χ2v) is 18.7. The molecule has 2 aliphatic carbocycles. The number of nitrogens with zero attached hydrogens (tertiary/aromatic N) is 2. The van der Waals surface area contributed by atoms with Gasteiger partial charge in [0, 0.05) is 38.8 Å². The van der Waals surface area contributed by atoms with Crippen molar-refractivity contribution in [2.45, 2.75) is 70.6 Å². The highest BCUT2D eigenvalue weighted by Gasteiger charge is 2.45. The van der Waals surface area contributed by atoms with Crippen molar-refractivity contribution in [2.24, 2.45) is 0 Å². The Morgan fingerprint density at radius 3 is 1.93 bits per heavy atom. The van der Waals surface area contributed by atoms with E-state index in [0.29, 0.717) is 0 Å². The van der Waals surface area contributed by atoms with Crippen LogP contribution in [-0.2, 0) is 16.2 Å². The minimum Gasteiger partial charge on any atom is -0.376 e. The van der Waals surface area contributed by atoms with Crippen molar-refractivity contribution in [3.05, 3.63) is 162 Å². The van der Waals surface area contributed by atoms with Gasteiger partial charge in [0.2, 0.25) is 0 Å². The van der Waals surface area contributed by atoms with E-state index >= 15 is 0 Å². The Labute approximate surface area is 330 Å². The summed E-state index contributed by atoms with van der Waals surface area (Å²) in [5.41, 5.74) is 23.1. The first-order chi connectivity index (χ1) is 27.0. The minimum atomic E-state index is -0.0410. The third-order valence-electron chi connectivity index (χ3n) is 14.4. The topological polar surface area (TPSA) is 8.17 Å². The first kappa shape index (κ1) is 32.4. The van der Waals surface area contributed by atoms with Gasteiger partial charge in [0.05, 0.1) is 11.0 Å². The molecule has 0 N–H and O–H groups in total. The fourth-order valence-corrected chi connectivity index (χ4v) is 11.4. The summed E-state index contributed by atoms with van der Waals surface area (Å²) in [5, 5.41) is 2.74. The fraction of sp³-hybridized carbons (Fsp3) is 0.208. The maximum atomic E-state index is 2.67. The molecule has 2 aliphatic heterocycles. The molecule has 2 nitrogen and oxygen atoms in total. The number of hydrogen-bond acceptors (Lipinski definition) is 1. The lowest BCUT2D eigenvalue weighted by atomic mass is 9.44. The van der Waals surface area contributed by atoms with Crippen molar-refractivity contribution in [1.29, 1.82) is 0 Å². The largest absolute Gasteiger partial charge is 0.376 e. The molecule has 0 saturated carbocycles. The maximum Gasteiger partial charge on any atom is 0.333 e. The quantitative estimate of drug-likeness (QED) is 0.161. The average Bonchev–Trinajstić information content (AvgIpc) is 3.67. The number of anilines is 2. The van der Waals surface area contributed by atoms with E-state index in [1.54, 1.807) is 0 Å². The molecular formula is C53H45BN2. The van der Waals surface area contributed by atoms with Gasteiger partial charge in [-0.05, 0) is 133 Å². The van der Waals surface area contributed by atoms with Crippen LogP contribution in [0.15, 0.2) is 140 Å². The normalized spacial score (nSPS) is 17.3. The molecule has 0 atom stereocenters. The Kier molecular flexibility index (Phi) is 6.22. The zero-order valence-corrected chi connectivity index (χ0v) is 33.2. The van der Waals surface area contributed by atoms with Gasteiger partial charge in [0.25, 0.3) is 0 Å². The molecule has 0 saturated heterocycles. The van der Waals surface area contributed by atoms with Gasteiger partial charge in [-0.1, -0.05) is 133 Å². The van der Waals surface area contributed by atoms with E-state index in [9.17, 15) is 0 Å². The summed E-state index contributed by atoms with van der Waals surface area (Å²) in [6.45, 7) is 14.6. The summed E-state index contributed by atoms with van der Waals surface area (Å²) in [6.07, 6.45) is 2.38. The number of hydrogen-bond donors (Lipinski definition) is 0. The van der Waals surface area contributed by atoms with Crippen molar-refractivity contribution >= 4 is 51.0 Å². The van der Waals surface area contributed by atoms with Gasteiger partial charge < -0.3 is 9.38 Å². The molecular weight excluding hydrogens is 675 g/mol. The van der Waals surface area contributed by atoms with Gasteiger partial charge >= 0.3 is 6.85 Å². The van der Waals surface area contributed by atoms with Crippen LogP contribution in [-0.4, -0.2) is 11.4 Å². The Bertz CT molecular complexity index is 3010. The molecule has 270 valence electrons. The van der Waals surface area contributed by atoms with Crippen molar-refractivity contribution in [2.75, 3.05) is 4.81 Å². The molecule has 1 aromatic heterocycles. The molecule has 3 heterocycles. The number of para-hydroxylation sites is 3. The Morgan fingerprint density at radius 1 is 0.500 bits per heavy atom. The van der Waals surface area contributed by atoms with Gasteiger partial charge in [-0.15, -0.1) is 0 Å². The van der Waals surface area contributed by atoms with Crippen LogP contribution < -0.4 is 15.7 Å². The highest BCUT2D eigenvalue weighted by Crippen LogP contribution is 2.54.